The number of benzene rings is 1. The van der Waals surface area contributed by atoms with E-state index < -0.39 is 0 Å². The highest BCUT2D eigenvalue weighted by Gasteiger charge is 2.23. The van der Waals surface area contributed by atoms with Crippen molar-refractivity contribution >= 4 is 11.8 Å². The van der Waals surface area contributed by atoms with Crippen LogP contribution in [0.3, 0.4) is 0 Å². The molecule has 0 aliphatic heterocycles. The summed E-state index contributed by atoms with van der Waals surface area (Å²) in [4.78, 5) is 0. The molecule has 2 rings (SSSR count). The van der Waals surface area contributed by atoms with Gasteiger partial charge in [0.05, 0.1) is 6.61 Å². The molecule has 1 fully saturated rings. The molecule has 2 nitrogen and oxygen atoms in total. The van der Waals surface area contributed by atoms with Crippen LogP contribution >= 0.6 is 11.8 Å². The van der Waals surface area contributed by atoms with Crippen LogP contribution in [0.2, 0.25) is 0 Å². The van der Waals surface area contributed by atoms with E-state index in [1.165, 1.54) is 24.8 Å². The molecule has 118 valence electrons. The van der Waals surface area contributed by atoms with Crippen molar-refractivity contribution in [2.24, 2.45) is 5.92 Å². The smallest absolute Gasteiger partial charge is 0.119 e. The second kappa shape index (κ2) is 8.70. The standard InChI is InChI=1S/C18H29NOS/c1-14(2)10-11-20-17-7-4-15(5-8-17)13-19-16-6-9-18(12-16)21-3/h4-5,7-8,14,16,18-19H,6,9-13H2,1-3H3. The molecule has 2 unspecified atom stereocenters. The highest BCUT2D eigenvalue weighted by Crippen LogP contribution is 2.28. The van der Waals surface area contributed by atoms with Gasteiger partial charge in [-0.2, -0.15) is 11.8 Å². The van der Waals surface area contributed by atoms with E-state index in [-0.39, 0.29) is 0 Å². The number of thioether (sulfide) groups is 1. The summed E-state index contributed by atoms with van der Waals surface area (Å²) in [5.74, 6) is 1.69. The lowest BCUT2D eigenvalue weighted by molar-refractivity contribution is 0.289. The molecule has 0 heterocycles. The van der Waals surface area contributed by atoms with Crippen LogP contribution in [0.1, 0.15) is 45.1 Å². The normalized spacial score (nSPS) is 21.9. The Kier molecular flexibility index (Phi) is 6.91. The van der Waals surface area contributed by atoms with E-state index in [1.807, 2.05) is 11.8 Å². The van der Waals surface area contributed by atoms with Crippen LogP contribution in [0.5, 0.6) is 5.75 Å². The van der Waals surface area contributed by atoms with Gasteiger partial charge in [0.2, 0.25) is 0 Å². The fraction of sp³-hybridized carbons (Fsp3) is 0.667. The first-order chi connectivity index (χ1) is 10.2. The van der Waals surface area contributed by atoms with Gasteiger partial charge in [-0.3, -0.25) is 0 Å². The van der Waals surface area contributed by atoms with Gasteiger partial charge < -0.3 is 10.1 Å². The van der Waals surface area contributed by atoms with Crippen LogP contribution in [0.4, 0.5) is 0 Å². The van der Waals surface area contributed by atoms with Crippen LogP contribution in [0.25, 0.3) is 0 Å². The monoisotopic (exact) mass is 307 g/mol. The molecule has 1 aromatic carbocycles. The molecular weight excluding hydrogens is 278 g/mol. The van der Waals surface area contributed by atoms with Crippen molar-refractivity contribution in [2.45, 2.75) is 57.4 Å². The Hall–Kier alpha value is -0.670. The Morgan fingerprint density at radius 3 is 2.62 bits per heavy atom. The first kappa shape index (κ1) is 16.7. The maximum atomic E-state index is 5.76. The summed E-state index contributed by atoms with van der Waals surface area (Å²) >= 11 is 2.01. The lowest BCUT2D eigenvalue weighted by Gasteiger charge is -2.13. The summed E-state index contributed by atoms with van der Waals surface area (Å²) in [6.45, 7) is 6.23. The first-order valence-electron chi connectivity index (χ1n) is 8.15. The second-order valence-corrected chi connectivity index (χ2v) is 7.56. The van der Waals surface area contributed by atoms with E-state index in [4.69, 9.17) is 4.74 Å². The molecule has 1 aromatic rings. The third kappa shape index (κ3) is 5.91. The Bertz CT molecular complexity index is 404. The van der Waals surface area contributed by atoms with Crippen molar-refractivity contribution in [3.8, 4) is 5.75 Å². The Morgan fingerprint density at radius 1 is 1.24 bits per heavy atom. The van der Waals surface area contributed by atoms with E-state index >= 15 is 0 Å². The molecule has 2 atom stereocenters. The van der Waals surface area contributed by atoms with Gasteiger partial charge in [-0.1, -0.05) is 26.0 Å². The molecule has 0 bridgehead atoms. The topological polar surface area (TPSA) is 21.3 Å². The molecule has 0 aromatic heterocycles. The van der Waals surface area contributed by atoms with Crippen molar-refractivity contribution in [1.82, 2.24) is 5.32 Å². The number of nitrogens with one attached hydrogen (secondary N) is 1. The average Bonchev–Trinajstić information content (AvgIpc) is 2.94. The molecule has 3 heteroatoms. The van der Waals surface area contributed by atoms with Gasteiger partial charge >= 0.3 is 0 Å². The maximum absolute atomic E-state index is 5.76. The van der Waals surface area contributed by atoms with Gasteiger partial charge in [0.1, 0.15) is 5.75 Å². The zero-order valence-electron chi connectivity index (χ0n) is 13.6. The van der Waals surface area contributed by atoms with Crippen molar-refractivity contribution in [3.63, 3.8) is 0 Å². The van der Waals surface area contributed by atoms with Crippen molar-refractivity contribution in [1.29, 1.82) is 0 Å². The van der Waals surface area contributed by atoms with E-state index in [0.717, 1.165) is 30.6 Å². The predicted molar refractivity (Wildman–Crippen MR) is 93.2 cm³/mol. The zero-order chi connectivity index (χ0) is 15.1. The molecule has 0 amide bonds. The summed E-state index contributed by atoms with van der Waals surface area (Å²) in [7, 11) is 0. The summed E-state index contributed by atoms with van der Waals surface area (Å²) in [6.07, 6.45) is 7.34. The van der Waals surface area contributed by atoms with E-state index in [9.17, 15) is 0 Å². The van der Waals surface area contributed by atoms with Crippen LogP contribution in [-0.2, 0) is 6.54 Å². The van der Waals surface area contributed by atoms with Crippen LogP contribution in [0.15, 0.2) is 24.3 Å². The Labute approximate surface area is 134 Å². The minimum absolute atomic E-state index is 0.699. The van der Waals surface area contributed by atoms with Crippen molar-refractivity contribution < 1.29 is 4.74 Å². The van der Waals surface area contributed by atoms with Gasteiger partial charge in [0, 0.05) is 17.8 Å². The van der Waals surface area contributed by atoms with E-state index in [0.29, 0.717) is 12.0 Å². The minimum atomic E-state index is 0.699. The van der Waals surface area contributed by atoms with E-state index in [2.05, 4.69) is 49.7 Å². The maximum Gasteiger partial charge on any atom is 0.119 e. The molecule has 1 N–H and O–H groups in total. The highest BCUT2D eigenvalue weighted by molar-refractivity contribution is 7.99. The summed E-state index contributed by atoms with van der Waals surface area (Å²) in [6, 6.07) is 9.24. The third-order valence-electron chi connectivity index (χ3n) is 4.20. The molecular formula is C18H29NOS. The van der Waals surface area contributed by atoms with Gasteiger partial charge in [0.25, 0.3) is 0 Å². The largest absolute Gasteiger partial charge is 0.494 e. The second-order valence-electron chi connectivity index (χ2n) is 6.42. The van der Waals surface area contributed by atoms with E-state index in [1.54, 1.807) is 0 Å². The molecule has 0 saturated heterocycles. The van der Waals surface area contributed by atoms with Gasteiger partial charge in [-0.15, -0.1) is 0 Å². The Morgan fingerprint density at radius 2 is 2.00 bits per heavy atom. The molecule has 1 aliphatic carbocycles. The van der Waals surface area contributed by atoms with Crippen LogP contribution < -0.4 is 10.1 Å². The molecule has 21 heavy (non-hydrogen) atoms. The fourth-order valence-corrected chi connectivity index (χ4v) is 3.51. The van der Waals surface area contributed by atoms with Crippen LogP contribution in [0, 0.1) is 5.92 Å². The number of hydrogen-bond donors (Lipinski definition) is 1. The van der Waals surface area contributed by atoms with Crippen molar-refractivity contribution in [3.05, 3.63) is 29.8 Å². The summed E-state index contributed by atoms with van der Waals surface area (Å²) in [5, 5.41) is 4.55. The number of ether oxygens (including phenoxy) is 1. The average molecular weight is 308 g/mol. The lowest BCUT2D eigenvalue weighted by Crippen LogP contribution is -2.26. The third-order valence-corrected chi connectivity index (χ3v) is 5.29. The summed E-state index contributed by atoms with van der Waals surface area (Å²) < 4.78 is 5.76. The highest BCUT2D eigenvalue weighted by atomic mass is 32.2. The Balaban J connectivity index is 1.70. The number of rotatable bonds is 8. The summed E-state index contributed by atoms with van der Waals surface area (Å²) in [5.41, 5.74) is 1.35. The van der Waals surface area contributed by atoms with Crippen LogP contribution in [-0.4, -0.2) is 24.2 Å². The predicted octanol–water partition coefficient (Wildman–Crippen LogP) is 4.49. The molecule has 0 radical (unpaired) electrons. The zero-order valence-corrected chi connectivity index (χ0v) is 14.4. The number of hydrogen-bond acceptors (Lipinski definition) is 3. The molecule has 0 spiro atoms. The lowest BCUT2D eigenvalue weighted by atomic mass is 10.1. The molecule has 1 saturated carbocycles. The minimum Gasteiger partial charge on any atom is -0.494 e. The first-order valence-corrected chi connectivity index (χ1v) is 9.44. The van der Waals surface area contributed by atoms with Gasteiger partial charge in [-0.25, -0.2) is 0 Å². The molecule has 1 aliphatic rings. The fourth-order valence-electron chi connectivity index (χ4n) is 2.72. The SMILES string of the molecule is CSC1CCC(NCc2ccc(OCCC(C)C)cc2)C1. The quantitative estimate of drug-likeness (QED) is 0.765. The van der Waals surface area contributed by atoms with Crippen molar-refractivity contribution in [2.75, 3.05) is 12.9 Å². The van der Waals surface area contributed by atoms with Gasteiger partial charge in [0.15, 0.2) is 0 Å². The van der Waals surface area contributed by atoms with Gasteiger partial charge in [-0.05, 0) is 55.6 Å².